The van der Waals surface area contributed by atoms with Gasteiger partial charge < -0.3 is 9.84 Å². The Morgan fingerprint density at radius 3 is 1.51 bits per heavy atom. The van der Waals surface area contributed by atoms with E-state index in [1.54, 1.807) is 0 Å². The Morgan fingerprint density at radius 2 is 1.07 bits per heavy atom. The van der Waals surface area contributed by atoms with Crippen LogP contribution in [0, 0.1) is 23.2 Å². The second-order valence-electron chi connectivity index (χ2n) is 13.5. The first-order valence-corrected chi connectivity index (χ1v) is 18.1. The van der Waals surface area contributed by atoms with Gasteiger partial charge in [0.25, 0.3) is 0 Å². The number of esters is 1. The van der Waals surface area contributed by atoms with Crippen LogP contribution in [-0.2, 0) is 14.3 Å². The normalized spacial score (nSPS) is 15.3. The zero-order chi connectivity index (χ0) is 30.8. The lowest BCUT2D eigenvalue weighted by molar-refractivity contribution is -0.161. The van der Waals surface area contributed by atoms with Crippen LogP contribution in [0.25, 0.3) is 0 Å². The van der Waals surface area contributed by atoms with Crippen molar-refractivity contribution in [2.45, 2.75) is 196 Å². The molecule has 244 valence electrons. The van der Waals surface area contributed by atoms with Crippen LogP contribution < -0.4 is 0 Å². The lowest BCUT2D eigenvalue weighted by Crippen LogP contribution is -2.39. The van der Waals surface area contributed by atoms with E-state index in [1.165, 1.54) is 103 Å². The lowest BCUT2D eigenvalue weighted by atomic mass is 9.69. The van der Waals surface area contributed by atoms with Crippen molar-refractivity contribution in [2.24, 2.45) is 23.2 Å². The van der Waals surface area contributed by atoms with Gasteiger partial charge in [-0.2, -0.15) is 0 Å². The standard InChI is InChI=1S/C37H72O4/c1-7-11-27-33(9-3)30-37(6,36(40)41-31-34(10-4)28-12-8-2)32(5)26-24-22-20-18-16-14-13-15-17-19-21-23-25-29-35(38)39/h32-34H,7-31H2,1-6H3,(H,38,39). The molecule has 0 saturated heterocycles. The molecule has 0 amide bonds. The minimum Gasteiger partial charge on any atom is -0.481 e. The molecule has 4 heteroatoms. The van der Waals surface area contributed by atoms with Crippen molar-refractivity contribution in [1.82, 2.24) is 0 Å². The zero-order valence-corrected chi connectivity index (χ0v) is 28.6. The zero-order valence-electron chi connectivity index (χ0n) is 28.6. The average molecular weight is 581 g/mol. The number of hydrogen-bond donors (Lipinski definition) is 1. The number of rotatable bonds is 30. The summed E-state index contributed by atoms with van der Waals surface area (Å²) in [6, 6.07) is 0. The first-order chi connectivity index (χ1) is 19.7. The molecule has 0 saturated carbocycles. The predicted octanol–water partition coefficient (Wildman–Crippen LogP) is 11.9. The third-order valence-corrected chi connectivity index (χ3v) is 9.83. The Bertz CT molecular complexity index is 618. The summed E-state index contributed by atoms with van der Waals surface area (Å²) in [6.07, 6.45) is 28.0. The molecule has 0 bridgehead atoms. The van der Waals surface area contributed by atoms with Crippen molar-refractivity contribution in [1.29, 1.82) is 0 Å². The summed E-state index contributed by atoms with van der Waals surface area (Å²) in [4.78, 5) is 24.2. The molecule has 0 aliphatic rings. The van der Waals surface area contributed by atoms with E-state index >= 15 is 0 Å². The molecule has 0 aromatic heterocycles. The van der Waals surface area contributed by atoms with Crippen molar-refractivity contribution in [3.63, 3.8) is 0 Å². The molecule has 0 aliphatic heterocycles. The summed E-state index contributed by atoms with van der Waals surface area (Å²) >= 11 is 0. The average Bonchev–Trinajstić information content (AvgIpc) is 2.96. The van der Waals surface area contributed by atoms with Gasteiger partial charge in [0, 0.05) is 6.42 Å². The van der Waals surface area contributed by atoms with Crippen LogP contribution in [-0.4, -0.2) is 23.7 Å². The van der Waals surface area contributed by atoms with Crippen LogP contribution in [0.2, 0.25) is 0 Å². The monoisotopic (exact) mass is 581 g/mol. The quantitative estimate of drug-likeness (QED) is 0.0678. The van der Waals surface area contributed by atoms with Crippen LogP contribution in [0.5, 0.6) is 0 Å². The number of ether oxygens (including phenoxy) is 1. The van der Waals surface area contributed by atoms with E-state index in [1.807, 2.05) is 0 Å². The SMILES string of the molecule is CCCCC(CC)COC(=O)C(C)(CC(CC)CCCC)C(C)CCCCCCCCCCCCCCCC(=O)O. The van der Waals surface area contributed by atoms with Gasteiger partial charge in [0.1, 0.15) is 0 Å². The molecule has 0 heterocycles. The van der Waals surface area contributed by atoms with E-state index < -0.39 is 5.97 Å². The Balaban J connectivity index is 4.45. The van der Waals surface area contributed by atoms with Crippen molar-refractivity contribution >= 4 is 11.9 Å². The molecule has 1 N–H and O–H groups in total. The summed E-state index contributed by atoms with van der Waals surface area (Å²) in [5, 5.41) is 8.69. The molecule has 4 unspecified atom stereocenters. The molecule has 0 aromatic carbocycles. The van der Waals surface area contributed by atoms with Crippen molar-refractivity contribution in [2.75, 3.05) is 6.61 Å². The van der Waals surface area contributed by atoms with E-state index in [-0.39, 0.29) is 11.4 Å². The maximum atomic E-state index is 13.7. The molecule has 0 aromatic rings. The van der Waals surface area contributed by atoms with Gasteiger partial charge >= 0.3 is 11.9 Å². The molecule has 4 atom stereocenters. The highest BCUT2D eigenvalue weighted by Gasteiger charge is 2.41. The highest BCUT2D eigenvalue weighted by atomic mass is 16.5. The van der Waals surface area contributed by atoms with Crippen molar-refractivity contribution in [3.8, 4) is 0 Å². The van der Waals surface area contributed by atoms with Gasteiger partial charge in [-0.05, 0) is 50.4 Å². The van der Waals surface area contributed by atoms with Gasteiger partial charge in [0.15, 0.2) is 0 Å². The molecular formula is C37H72O4. The number of carbonyl (C=O) groups excluding carboxylic acids is 1. The van der Waals surface area contributed by atoms with Gasteiger partial charge in [0.05, 0.1) is 12.0 Å². The predicted molar refractivity (Wildman–Crippen MR) is 176 cm³/mol. The molecule has 0 fully saturated rings. The largest absolute Gasteiger partial charge is 0.481 e. The number of hydrogen-bond acceptors (Lipinski definition) is 3. The van der Waals surface area contributed by atoms with Gasteiger partial charge in [-0.25, -0.2) is 0 Å². The minimum absolute atomic E-state index is 0.0650. The number of carboxylic acid groups (broad SMARTS) is 1. The fourth-order valence-electron chi connectivity index (χ4n) is 6.28. The highest BCUT2D eigenvalue weighted by molar-refractivity contribution is 5.76. The molecule has 0 spiro atoms. The van der Waals surface area contributed by atoms with Gasteiger partial charge in [-0.1, -0.05) is 157 Å². The Hall–Kier alpha value is -1.06. The van der Waals surface area contributed by atoms with E-state index in [0.717, 1.165) is 44.9 Å². The molecule has 4 nitrogen and oxygen atoms in total. The summed E-state index contributed by atoms with van der Waals surface area (Å²) in [5.74, 6) is 0.852. The maximum Gasteiger partial charge on any atom is 0.312 e. The van der Waals surface area contributed by atoms with Crippen LogP contribution in [0.15, 0.2) is 0 Å². The molecule has 0 aliphatic carbocycles. The Morgan fingerprint density at radius 1 is 0.634 bits per heavy atom. The molecular weight excluding hydrogens is 508 g/mol. The van der Waals surface area contributed by atoms with E-state index in [9.17, 15) is 9.59 Å². The number of unbranched alkanes of at least 4 members (excludes halogenated alkanes) is 14. The summed E-state index contributed by atoms with van der Waals surface area (Å²) in [5.41, 5.74) is -0.381. The molecule has 41 heavy (non-hydrogen) atoms. The topological polar surface area (TPSA) is 63.6 Å². The molecule has 0 rings (SSSR count). The first kappa shape index (κ1) is 39.9. The molecule has 0 radical (unpaired) electrons. The van der Waals surface area contributed by atoms with Crippen LogP contribution in [0.4, 0.5) is 0 Å². The lowest BCUT2D eigenvalue weighted by Gasteiger charge is -2.37. The second kappa shape index (κ2) is 26.6. The first-order valence-electron chi connectivity index (χ1n) is 18.1. The maximum absolute atomic E-state index is 13.7. The van der Waals surface area contributed by atoms with Gasteiger partial charge in [0.2, 0.25) is 0 Å². The summed E-state index contributed by atoms with van der Waals surface area (Å²) in [7, 11) is 0. The van der Waals surface area contributed by atoms with Gasteiger partial charge in [-0.15, -0.1) is 0 Å². The third kappa shape index (κ3) is 20.5. The second-order valence-corrected chi connectivity index (χ2v) is 13.5. The van der Waals surface area contributed by atoms with E-state index in [2.05, 4.69) is 41.5 Å². The smallest absolute Gasteiger partial charge is 0.312 e. The van der Waals surface area contributed by atoms with Gasteiger partial charge in [-0.3, -0.25) is 9.59 Å². The Labute approximate surface area is 256 Å². The number of carboxylic acids is 1. The van der Waals surface area contributed by atoms with Crippen molar-refractivity contribution < 1.29 is 19.4 Å². The summed E-state index contributed by atoms with van der Waals surface area (Å²) < 4.78 is 6.10. The highest BCUT2D eigenvalue weighted by Crippen LogP contribution is 2.41. The van der Waals surface area contributed by atoms with Crippen LogP contribution >= 0.6 is 0 Å². The minimum atomic E-state index is -0.667. The van der Waals surface area contributed by atoms with Crippen molar-refractivity contribution in [3.05, 3.63) is 0 Å². The number of aliphatic carboxylic acids is 1. The Kier molecular flexibility index (Phi) is 25.9. The third-order valence-electron chi connectivity index (χ3n) is 9.83. The fourth-order valence-corrected chi connectivity index (χ4v) is 6.28. The summed E-state index contributed by atoms with van der Waals surface area (Å²) in [6.45, 7) is 14.1. The van der Waals surface area contributed by atoms with E-state index in [4.69, 9.17) is 9.84 Å². The number of carbonyl (C=O) groups is 2. The fraction of sp³-hybridized carbons (Fsp3) is 0.946. The van der Waals surface area contributed by atoms with E-state index in [0.29, 0.717) is 30.8 Å². The van der Waals surface area contributed by atoms with Crippen LogP contribution in [0.1, 0.15) is 196 Å². The van der Waals surface area contributed by atoms with Crippen LogP contribution in [0.3, 0.4) is 0 Å².